The van der Waals surface area contributed by atoms with Gasteiger partial charge in [0.2, 0.25) is 0 Å². The number of allylic oxidation sites excluding steroid dienone is 2. The molecule has 0 spiro atoms. The number of halogens is 12. The molecule has 2 fully saturated rings. The van der Waals surface area contributed by atoms with Crippen LogP contribution in [0.15, 0.2) is 24.3 Å². The number of hydrogen-bond acceptors (Lipinski definition) is 4. The highest BCUT2D eigenvalue weighted by atomic mass is 19.4. The molecule has 0 aromatic rings. The zero-order chi connectivity index (χ0) is 28.9. The lowest BCUT2D eigenvalue weighted by atomic mass is 10.0. The summed E-state index contributed by atoms with van der Waals surface area (Å²) in [5, 5.41) is 17.8. The summed E-state index contributed by atoms with van der Waals surface area (Å²) in [4.78, 5) is 0. The lowest BCUT2D eigenvalue weighted by molar-refractivity contribution is -0.380. The summed E-state index contributed by atoms with van der Waals surface area (Å²) >= 11 is 0. The van der Waals surface area contributed by atoms with Crippen molar-refractivity contribution in [2.45, 2.75) is 73.8 Å². The molecule has 0 aliphatic heterocycles. The third-order valence-corrected chi connectivity index (χ3v) is 7.32. The lowest BCUT2D eigenvalue weighted by Crippen LogP contribution is -2.60. The highest BCUT2D eigenvalue weighted by Gasteiger charge is 2.72. The van der Waals surface area contributed by atoms with E-state index in [0.29, 0.717) is 25.7 Å². The van der Waals surface area contributed by atoms with Crippen molar-refractivity contribution in [2.75, 3.05) is 13.2 Å². The van der Waals surface area contributed by atoms with E-state index in [-0.39, 0.29) is 23.7 Å². The fourth-order valence-electron chi connectivity index (χ4n) is 4.95. The smallest absolute Gasteiger partial charge is 0.374 e. The lowest BCUT2D eigenvalue weighted by Gasteiger charge is -2.33. The van der Waals surface area contributed by atoms with Crippen LogP contribution in [0.3, 0.4) is 0 Å². The summed E-state index contributed by atoms with van der Waals surface area (Å²) in [5.41, 5.74) is -9.63. The van der Waals surface area contributed by atoms with Crippen LogP contribution >= 0.6 is 0 Å². The van der Waals surface area contributed by atoms with Gasteiger partial charge in [0.05, 0.1) is 25.4 Å². The molecule has 6 unspecified atom stereocenters. The van der Waals surface area contributed by atoms with E-state index >= 15 is 0 Å². The Morgan fingerprint density at radius 3 is 0.974 bits per heavy atom. The molecule has 4 aliphatic rings. The van der Waals surface area contributed by atoms with Crippen molar-refractivity contribution in [1.82, 2.24) is 0 Å². The Morgan fingerprint density at radius 2 is 0.789 bits per heavy atom. The number of ether oxygens (including phenoxy) is 2. The molecule has 0 amide bonds. The Kier molecular flexibility index (Phi) is 8.28. The third-order valence-electron chi connectivity index (χ3n) is 7.32. The summed E-state index contributed by atoms with van der Waals surface area (Å²) in [7, 11) is 0. The van der Waals surface area contributed by atoms with Crippen molar-refractivity contribution in [2.24, 2.45) is 23.7 Å². The van der Waals surface area contributed by atoms with Crippen molar-refractivity contribution in [3.63, 3.8) is 0 Å². The van der Waals surface area contributed by atoms with Crippen molar-refractivity contribution in [3.05, 3.63) is 24.3 Å². The van der Waals surface area contributed by atoms with Crippen LogP contribution in [-0.2, 0) is 9.47 Å². The van der Waals surface area contributed by atoms with E-state index < -0.39 is 61.3 Å². The molecule has 220 valence electrons. The van der Waals surface area contributed by atoms with Crippen molar-refractivity contribution >= 4 is 0 Å². The third kappa shape index (κ3) is 5.97. The normalized spacial score (nSPS) is 31.2. The van der Waals surface area contributed by atoms with Gasteiger partial charge in [-0.25, -0.2) is 0 Å². The number of fused-ring (bicyclic) bond motifs is 4. The van der Waals surface area contributed by atoms with Crippen molar-refractivity contribution in [1.29, 1.82) is 0 Å². The first-order chi connectivity index (χ1) is 17.1. The van der Waals surface area contributed by atoms with E-state index in [0.717, 1.165) is 0 Å². The van der Waals surface area contributed by atoms with E-state index in [2.05, 4.69) is 0 Å². The van der Waals surface area contributed by atoms with Crippen molar-refractivity contribution < 1.29 is 72.4 Å². The number of aliphatic hydroxyl groups is 2. The second-order valence-electron chi connectivity index (χ2n) is 9.97. The Bertz CT molecular complexity index is 789. The van der Waals surface area contributed by atoms with Gasteiger partial charge in [-0.05, 0) is 37.5 Å². The summed E-state index contributed by atoms with van der Waals surface area (Å²) in [6.07, 6.45) is -15.3. The maximum absolute atomic E-state index is 12.4. The SMILES string of the molecule is OC(COC1CC2C=CC1C2)(C(F)(F)F)C(F)(F)F.OC(COC1CC2C=CC1C2)(C(F)(F)F)C(F)(F)F. The molecule has 0 heterocycles. The van der Waals surface area contributed by atoms with Gasteiger partial charge < -0.3 is 19.7 Å². The minimum absolute atomic E-state index is 0.153. The minimum Gasteiger partial charge on any atom is -0.374 e. The first-order valence-electron chi connectivity index (χ1n) is 11.4. The van der Waals surface area contributed by atoms with Crippen LogP contribution in [0.4, 0.5) is 52.7 Å². The van der Waals surface area contributed by atoms with Crippen LogP contribution in [-0.4, -0.2) is 71.5 Å². The molecule has 4 nitrogen and oxygen atoms in total. The van der Waals surface area contributed by atoms with E-state index in [1.54, 1.807) is 12.2 Å². The van der Waals surface area contributed by atoms with Crippen LogP contribution in [0.25, 0.3) is 0 Å². The Hall–Kier alpha value is -1.52. The molecule has 0 saturated heterocycles. The standard InChI is InChI=1S/2C11H12F6O2/c2*12-10(13,14)9(18,11(15,16)17)5-19-8-4-6-1-2-7(8)3-6/h2*1-2,6-8,18H,3-5H2. The van der Waals surface area contributed by atoms with Crippen molar-refractivity contribution in [3.8, 4) is 0 Å². The van der Waals surface area contributed by atoms with Gasteiger partial charge in [-0.3, -0.25) is 0 Å². The summed E-state index contributed by atoms with van der Waals surface area (Å²) < 4.78 is 158. The van der Waals surface area contributed by atoms with E-state index in [1.807, 2.05) is 12.2 Å². The Balaban J connectivity index is 0.000000211. The van der Waals surface area contributed by atoms with E-state index in [1.165, 1.54) is 0 Å². The number of hydrogen-bond donors (Lipinski definition) is 2. The van der Waals surface area contributed by atoms with Gasteiger partial charge in [0, 0.05) is 11.8 Å². The molecule has 0 aromatic carbocycles. The molecule has 6 atom stereocenters. The predicted octanol–water partition coefficient (Wildman–Crippen LogP) is 5.65. The summed E-state index contributed by atoms with van der Waals surface area (Å²) in [6.45, 7) is -3.64. The zero-order valence-corrected chi connectivity index (χ0v) is 19.3. The molecule has 2 N–H and O–H groups in total. The zero-order valence-electron chi connectivity index (χ0n) is 19.3. The fraction of sp³-hybridized carbons (Fsp3) is 0.818. The first-order valence-corrected chi connectivity index (χ1v) is 11.4. The molecular formula is C22H24F12O4. The van der Waals surface area contributed by atoms with Crippen LogP contribution in [0.2, 0.25) is 0 Å². The van der Waals surface area contributed by atoms with E-state index in [4.69, 9.17) is 19.7 Å². The molecule has 4 aliphatic carbocycles. The van der Waals surface area contributed by atoms with Gasteiger partial charge in [-0.2, -0.15) is 52.7 Å². The van der Waals surface area contributed by atoms with Gasteiger partial charge in [0.15, 0.2) is 0 Å². The van der Waals surface area contributed by atoms with Crippen LogP contribution in [0.5, 0.6) is 0 Å². The van der Waals surface area contributed by atoms with Gasteiger partial charge in [0.1, 0.15) is 0 Å². The monoisotopic (exact) mass is 580 g/mol. The molecule has 4 bridgehead atoms. The molecule has 2 saturated carbocycles. The topological polar surface area (TPSA) is 58.9 Å². The highest BCUT2D eigenvalue weighted by molar-refractivity contribution is 5.12. The van der Waals surface area contributed by atoms with Gasteiger partial charge in [0.25, 0.3) is 11.2 Å². The number of alkyl halides is 12. The maximum atomic E-state index is 12.4. The second kappa shape index (κ2) is 10.1. The summed E-state index contributed by atoms with van der Waals surface area (Å²) in [6, 6.07) is 0. The number of rotatable bonds is 6. The highest BCUT2D eigenvalue weighted by Crippen LogP contribution is 2.47. The molecule has 0 aromatic heterocycles. The van der Waals surface area contributed by atoms with Gasteiger partial charge >= 0.3 is 24.7 Å². The quantitative estimate of drug-likeness (QED) is 0.315. The molecule has 0 radical (unpaired) electrons. The van der Waals surface area contributed by atoms with Crippen LogP contribution in [0.1, 0.15) is 25.7 Å². The largest absolute Gasteiger partial charge is 0.428 e. The second-order valence-corrected chi connectivity index (χ2v) is 9.97. The molecule has 38 heavy (non-hydrogen) atoms. The van der Waals surface area contributed by atoms with Gasteiger partial charge in [-0.15, -0.1) is 0 Å². The summed E-state index contributed by atoms with van der Waals surface area (Å²) in [5.74, 6) is -0.00818. The fourth-order valence-corrected chi connectivity index (χ4v) is 4.95. The Labute approximate surface area is 208 Å². The average Bonchev–Trinajstić information content (AvgIpc) is 3.54. The van der Waals surface area contributed by atoms with Gasteiger partial charge in [-0.1, -0.05) is 24.3 Å². The molecule has 4 rings (SSSR count). The minimum atomic E-state index is -5.82. The Morgan fingerprint density at radius 1 is 0.500 bits per heavy atom. The predicted molar refractivity (Wildman–Crippen MR) is 104 cm³/mol. The molecule has 16 heteroatoms. The molecular weight excluding hydrogens is 556 g/mol. The average molecular weight is 580 g/mol. The van der Waals surface area contributed by atoms with Crippen LogP contribution < -0.4 is 0 Å². The van der Waals surface area contributed by atoms with Crippen LogP contribution in [0, 0.1) is 23.7 Å². The maximum Gasteiger partial charge on any atom is 0.428 e. The first kappa shape index (κ1) is 31.0. The van der Waals surface area contributed by atoms with E-state index in [9.17, 15) is 52.7 Å².